The summed E-state index contributed by atoms with van der Waals surface area (Å²) in [6, 6.07) is 0.789. The molecular weight excluding hydrogens is 224 g/mol. The van der Waals surface area contributed by atoms with E-state index in [1.54, 1.807) is 0 Å². The van der Waals surface area contributed by atoms with Gasteiger partial charge >= 0.3 is 0 Å². The van der Waals surface area contributed by atoms with Gasteiger partial charge in [-0.1, -0.05) is 6.42 Å². The summed E-state index contributed by atoms with van der Waals surface area (Å²) in [5.74, 6) is 0. The normalized spacial score (nSPS) is 34.7. The topological polar surface area (TPSA) is 24.5 Å². The minimum absolute atomic E-state index is 0.0986. The van der Waals surface area contributed by atoms with E-state index in [2.05, 4.69) is 17.1 Å². The van der Waals surface area contributed by atoms with E-state index in [0.717, 1.165) is 12.6 Å². The largest absolute Gasteiger partial charge is 0.377 e. The van der Waals surface area contributed by atoms with E-state index in [1.165, 1.54) is 64.6 Å². The van der Waals surface area contributed by atoms with E-state index in [0.29, 0.717) is 0 Å². The van der Waals surface area contributed by atoms with Crippen LogP contribution in [0.1, 0.15) is 51.9 Å². The Labute approximate surface area is 112 Å². The lowest BCUT2D eigenvalue weighted by atomic mass is 9.94. The number of hydrogen-bond donors (Lipinski definition) is 1. The van der Waals surface area contributed by atoms with Gasteiger partial charge in [-0.25, -0.2) is 0 Å². The molecule has 2 rings (SSSR count). The third-order valence-corrected chi connectivity index (χ3v) is 4.67. The molecule has 2 atom stereocenters. The first-order valence-corrected chi connectivity index (χ1v) is 7.73. The lowest BCUT2D eigenvalue weighted by molar-refractivity contribution is -0.0509. The third-order valence-electron chi connectivity index (χ3n) is 4.67. The van der Waals surface area contributed by atoms with Crippen LogP contribution in [0.2, 0.25) is 0 Å². The average Bonchev–Trinajstić information content (AvgIpc) is 2.40. The van der Waals surface area contributed by atoms with Gasteiger partial charge in [0.25, 0.3) is 0 Å². The Hall–Kier alpha value is -0.120. The molecular formula is C15H30N2O. The van der Waals surface area contributed by atoms with Gasteiger partial charge in [0, 0.05) is 19.7 Å². The molecule has 0 aliphatic carbocycles. The molecule has 2 unspecified atom stereocenters. The van der Waals surface area contributed by atoms with E-state index >= 15 is 0 Å². The highest BCUT2D eigenvalue weighted by Crippen LogP contribution is 2.24. The molecule has 106 valence electrons. The van der Waals surface area contributed by atoms with Crippen molar-refractivity contribution in [2.75, 3.05) is 33.3 Å². The van der Waals surface area contributed by atoms with Gasteiger partial charge in [-0.2, -0.15) is 0 Å². The highest BCUT2D eigenvalue weighted by Gasteiger charge is 2.30. The highest BCUT2D eigenvalue weighted by molar-refractivity contribution is 4.84. The molecule has 0 radical (unpaired) electrons. The average molecular weight is 254 g/mol. The minimum atomic E-state index is 0.0986. The van der Waals surface area contributed by atoms with Gasteiger partial charge in [-0.15, -0.1) is 0 Å². The van der Waals surface area contributed by atoms with E-state index in [1.807, 2.05) is 7.11 Å². The Morgan fingerprint density at radius 1 is 1.33 bits per heavy atom. The number of hydrogen-bond acceptors (Lipinski definition) is 3. The molecule has 3 nitrogen and oxygen atoms in total. The van der Waals surface area contributed by atoms with E-state index in [-0.39, 0.29) is 5.60 Å². The van der Waals surface area contributed by atoms with Crippen molar-refractivity contribution in [2.45, 2.75) is 63.5 Å². The predicted octanol–water partition coefficient (Wildman–Crippen LogP) is 2.41. The molecule has 0 saturated carbocycles. The summed E-state index contributed by atoms with van der Waals surface area (Å²) in [4.78, 5) is 2.59. The molecule has 0 spiro atoms. The fourth-order valence-electron chi connectivity index (χ4n) is 3.40. The maximum Gasteiger partial charge on any atom is 0.0777 e. The van der Waals surface area contributed by atoms with E-state index < -0.39 is 0 Å². The smallest absolute Gasteiger partial charge is 0.0777 e. The van der Waals surface area contributed by atoms with Gasteiger partial charge in [0.15, 0.2) is 0 Å². The first-order chi connectivity index (χ1) is 8.72. The summed E-state index contributed by atoms with van der Waals surface area (Å²) in [6.45, 7) is 7.10. The van der Waals surface area contributed by atoms with Crippen LogP contribution in [0.4, 0.5) is 0 Å². The van der Waals surface area contributed by atoms with Crippen LogP contribution < -0.4 is 5.32 Å². The Bertz CT molecular complexity index is 241. The fourth-order valence-corrected chi connectivity index (χ4v) is 3.40. The van der Waals surface area contributed by atoms with Gasteiger partial charge in [-0.05, 0) is 65.1 Å². The second-order valence-corrected chi connectivity index (χ2v) is 6.32. The molecule has 0 amide bonds. The highest BCUT2D eigenvalue weighted by atomic mass is 16.5. The summed E-state index contributed by atoms with van der Waals surface area (Å²) < 4.78 is 5.65. The zero-order valence-corrected chi connectivity index (χ0v) is 12.2. The lowest BCUT2D eigenvalue weighted by Crippen LogP contribution is -2.47. The molecule has 0 aromatic heterocycles. The third kappa shape index (κ3) is 4.22. The van der Waals surface area contributed by atoms with Crippen molar-refractivity contribution in [3.8, 4) is 0 Å². The quantitative estimate of drug-likeness (QED) is 0.815. The lowest BCUT2D eigenvalue weighted by Gasteiger charge is -2.39. The SMILES string of the molecule is COC1(C)CCCN(CCCC2CCCCN2)C1. The summed E-state index contributed by atoms with van der Waals surface area (Å²) in [6.07, 6.45) is 9.35. The number of likely N-dealkylation sites (tertiary alicyclic amines) is 1. The monoisotopic (exact) mass is 254 g/mol. The second kappa shape index (κ2) is 6.88. The molecule has 1 N–H and O–H groups in total. The fraction of sp³-hybridized carbons (Fsp3) is 1.00. The van der Waals surface area contributed by atoms with Crippen molar-refractivity contribution in [1.82, 2.24) is 10.2 Å². The maximum absolute atomic E-state index is 5.65. The van der Waals surface area contributed by atoms with Gasteiger partial charge in [-0.3, -0.25) is 0 Å². The molecule has 2 aliphatic heterocycles. The van der Waals surface area contributed by atoms with Crippen LogP contribution in [0.5, 0.6) is 0 Å². The van der Waals surface area contributed by atoms with Crippen LogP contribution in [-0.2, 0) is 4.74 Å². The van der Waals surface area contributed by atoms with Crippen molar-refractivity contribution in [1.29, 1.82) is 0 Å². The molecule has 0 bridgehead atoms. The second-order valence-electron chi connectivity index (χ2n) is 6.32. The Balaban J connectivity index is 1.63. The van der Waals surface area contributed by atoms with Crippen molar-refractivity contribution in [2.24, 2.45) is 0 Å². The summed E-state index contributed by atoms with van der Waals surface area (Å²) in [5.41, 5.74) is 0.0986. The van der Waals surface area contributed by atoms with Crippen LogP contribution >= 0.6 is 0 Å². The summed E-state index contributed by atoms with van der Waals surface area (Å²) in [7, 11) is 1.86. The van der Waals surface area contributed by atoms with Gasteiger partial charge in [0.05, 0.1) is 5.60 Å². The summed E-state index contributed by atoms with van der Waals surface area (Å²) >= 11 is 0. The van der Waals surface area contributed by atoms with Crippen LogP contribution in [0, 0.1) is 0 Å². The van der Waals surface area contributed by atoms with Crippen molar-refractivity contribution >= 4 is 0 Å². The van der Waals surface area contributed by atoms with E-state index in [4.69, 9.17) is 4.74 Å². The first-order valence-electron chi connectivity index (χ1n) is 7.73. The van der Waals surface area contributed by atoms with E-state index in [9.17, 15) is 0 Å². The van der Waals surface area contributed by atoms with Crippen LogP contribution in [-0.4, -0.2) is 49.8 Å². The standard InChI is InChI=1S/C15H30N2O/c1-15(18-2)9-6-12-17(13-15)11-5-8-14-7-3-4-10-16-14/h14,16H,3-13H2,1-2H3. The number of nitrogens with zero attached hydrogens (tertiary/aromatic N) is 1. The Morgan fingerprint density at radius 3 is 2.94 bits per heavy atom. The number of nitrogens with one attached hydrogen (secondary N) is 1. The van der Waals surface area contributed by atoms with Gasteiger partial charge < -0.3 is 15.0 Å². The predicted molar refractivity (Wildman–Crippen MR) is 76.0 cm³/mol. The number of methoxy groups -OCH3 is 1. The molecule has 2 fully saturated rings. The van der Waals surface area contributed by atoms with Crippen molar-refractivity contribution in [3.63, 3.8) is 0 Å². The molecule has 2 heterocycles. The van der Waals surface area contributed by atoms with Gasteiger partial charge in [0.1, 0.15) is 0 Å². The molecule has 3 heteroatoms. The van der Waals surface area contributed by atoms with Crippen molar-refractivity contribution in [3.05, 3.63) is 0 Å². The molecule has 0 aromatic carbocycles. The van der Waals surface area contributed by atoms with Crippen molar-refractivity contribution < 1.29 is 4.74 Å². The van der Waals surface area contributed by atoms with Crippen LogP contribution in [0.25, 0.3) is 0 Å². The Kier molecular flexibility index (Phi) is 5.46. The first kappa shape index (κ1) is 14.3. The minimum Gasteiger partial charge on any atom is -0.377 e. The number of rotatable bonds is 5. The zero-order valence-electron chi connectivity index (χ0n) is 12.2. The van der Waals surface area contributed by atoms with Gasteiger partial charge in [0.2, 0.25) is 0 Å². The number of ether oxygens (including phenoxy) is 1. The summed E-state index contributed by atoms with van der Waals surface area (Å²) in [5, 5.41) is 3.64. The molecule has 2 saturated heterocycles. The number of piperidine rings is 2. The Morgan fingerprint density at radius 2 is 2.22 bits per heavy atom. The maximum atomic E-state index is 5.65. The molecule has 2 aliphatic rings. The zero-order chi connectivity index (χ0) is 12.8. The van der Waals surface area contributed by atoms with Crippen LogP contribution in [0.3, 0.4) is 0 Å². The molecule has 18 heavy (non-hydrogen) atoms. The molecule has 0 aromatic rings. The van der Waals surface area contributed by atoms with Crippen LogP contribution in [0.15, 0.2) is 0 Å².